The third kappa shape index (κ3) is 3.35. The molecule has 1 spiro atoms. The van der Waals surface area contributed by atoms with E-state index in [0.29, 0.717) is 5.56 Å². The van der Waals surface area contributed by atoms with Crippen molar-refractivity contribution in [1.29, 1.82) is 5.26 Å². The van der Waals surface area contributed by atoms with Crippen molar-refractivity contribution in [3.63, 3.8) is 0 Å². The van der Waals surface area contributed by atoms with Crippen LogP contribution in [0.25, 0.3) is 77.5 Å². The number of aryl methyl sites for hydroxylation is 1. The first-order valence-corrected chi connectivity index (χ1v) is 17.3. The van der Waals surface area contributed by atoms with Crippen molar-refractivity contribution in [1.82, 2.24) is 0 Å². The van der Waals surface area contributed by atoms with E-state index in [9.17, 15) is 5.26 Å². The highest BCUT2D eigenvalue weighted by Crippen LogP contribution is 2.67. The van der Waals surface area contributed by atoms with Gasteiger partial charge >= 0.3 is 0 Å². The summed E-state index contributed by atoms with van der Waals surface area (Å²) in [6.07, 6.45) is 0. The summed E-state index contributed by atoms with van der Waals surface area (Å²) in [5.41, 5.74) is 21.9. The van der Waals surface area contributed by atoms with Gasteiger partial charge in [-0.25, -0.2) is 0 Å². The number of rotatable bonds is 2. The molecule has 0 fully saturated rings. The molecule has 0 aromatic heterocycles. The Morgan fingerprint density at radius 3 is 1.68 bits per heavy atom. The summed E-state index contributed by atoms with van der Waals surface area (Å²) in [7, 11) is 0. The normalized spacial score (nSPS) is 13.4. The average Bonchev–Trinajstić information content (AvgIpc) is 3.77. The minimum Gasteiger partial charge on any atom is -0.192 e. The number of fused-ring (bicyclic) bond motifs is 13. The molecule has 0 radical (unpaired) electrons. The Morgan fingerprint density at radius 2 is 1.00 bits per heavy atom. The first-order chi connectivity index (χ1) is 24.7. The lowest BCUT2D eigenvalue weighted by atomic mass is 9.69. The van der Waals surface area contributed by atoms with Gasteiger partial charge < -0.3 is 0 Å². The second-order valence-electron chi connectivity index (χ2n) is 14.0. The molecular weight excluding hydrogens is 603 g/mol. The van der Waals surface area contributed by atoms with Crippen LogP contribution in [0.5, 0.6) is 0 Å². The van der Waals surface area contributed by atoms with Crippen LogP contribution in [0.3, 0.4) is 0 Å². The summed E-state index contributed by atoms with van der Waals surface area (Å²) in [5, 5.41) is 12.3. The van der Waals surface area contributed by atoms with Crippen molar-refractivity contribution < 1.29 is 0 Å². The SMILES string of the molecule is Cc1cc(C#N)cc(-c2ccc(-c3c4c(cc5c3-c3ccccc3C53c5ccccc5-c5ccccc53)-c3cccc5cccc-4c35)cc2)c1. The third-order valence-corrected chi connectivity index (χ3v) is 11.5. The van der Waals surface area contributed by atoms with Crippen LogP contribution in [0.1, 0.15) is 33.4 Å². The molecule has 0 N–H and O–H groups in total. The van der Waals surface area contributed by atoms with E-state index >= 15 is 0 Å². The molecule has 0 saturated heterocycles. The topological polar surface area (TPSA) is 23.8 Å². The summed E-state index contributed by atoms with van der Waals surface area (Å²) in [6, 6.07) is 60.8. The van der Waals surface area contributed by atoms with Crippen molar-refractivity contribution in [3.05, 3.63) is 191 Å². The zero-order valence-corrected chi connectivity index (χ0v) is 27.5. The number of hydrogen-bond acceptors (Lipinski definition) is 1. The third-order valence-electron chi connectivity index (χ3n) is 11.5. The van der Waals surface area contributed by atoms with Gasteiger partial charge in [-0.05, 0) is 130 Å². The second kappa shape index (κ2) is 9.79. The molecule has 0 unspecified atom stereocenters. The molecule has 0 atom stereocenters. The average molecular weight is 632 g/mol. The van der Waals surface area contributed by atoms with Gasteiger partial charge in [0.15, 0.2) is 0 Å². The second-order valence-corrected chi connectivity index (χ2v) is 14.0. The molecule has 0 heterocycles. The Kier molecular flexibility index (Phi) is 5.38. The highest BCUT2D eigenvalue weighted by molar-refractivity contribution is 6.21. The molecule has 50 heavy (non-hydrogen) atoms. The van der Waals surface area contributed by atoms with Crippen LogP contribution in [-0.2, 0) is 5.41 Å². The van der Waals surface area contributed by atoms with E-state index in [1.807, 2.05) is 12.1 Å². The van der Waals surface area contributed by atoms with Crippen molar-refractivity contribution in [2.45, 2.75) is 12.3 Å². The van der Waals surface area contributed by atoms with Crippen LogP contribution in [0.2, 0.25) is 0 Å². The molecule has 8 aromatic carbocycles. The molecular formula is C49H29N. The Morgan fingerprint density at radius 1 is 0.420 bits per heavy atom. The predicted molar refractivity (Wildman–Crippen MR) is 205 cm³/mol. The summed E-state index contributed by atoms with van der Waals surface area (Å²) >= 11 is 0. The van der Waals surface area contributed by atoms with E-state index in [1.54, 1.807) is 0 Å². The zero-order chi connectivity index (χ0) is 33.1. The number of benzene rings is 8. The molecule has 3 aliphatic carbocycles. The molecule has 230 valence electrons. The fraction of sp³-hybridized carbons (Fsp3) is 0.0408. The fourth-order valence-corrected chi connectivity index (χ4v) is 9.65. The molecule has 0 bridgehead atoms. The lowest BCUT2D eigenvalue weighted by Gasteiger charge is -2.31. The van der Waals surface area contributed by atoms with Crippen molar-refractivity contribution in [2.75, 3.05) is 0 Å². The number of hydrogen-bond donors (Lipinski definition) is 0. The molecule has 0 saturated carbocycles. The highest BCUT2D eigenvalue weighted by Gasteiger charge is 2.53. The lowest BCUT2D eigenvalue weighted by Crippen LogP contribution is -2.26. The van der Waals surface area contributed by atoms with E-state index in [-0.39, 0.29) is 0 Å². The van der Waals surface area contributed by atoms with Gasteiger partial charge in [0.2, 0.25) is 0 Å². The van der Waals surface area contributed by atoms with Gasteiger partial charge in [0, 0.05) is 0 Å². The Labute approximate surface area is 291 Å². The first-order valence-electron chi connectivity index (χ1n) is 17.3. The number of nitriles is 1. The van der Waals surface area contributed by atoms with Gasteiger partial charge in [-0.2, -0.15) is 5.26 Å². The number of nitrogens with zero attached hydrogens (tertiary/aromatic N) is 1. The van der Waals surface area contributed by atoms with Crippen LogP contribution < -0.4 is 0 Å². The summed E-state index contributed by atoms with van der Waals surface area (Å²) in [6.45, 7) is 2.06. The van der Waals surface area contributed by atoms with Crippen LogP contribution in [0, 0.1) is 18.3 Å². The lowest BCUT2D eigenvalue weighted by molar-refractivity contribution is 0.794. The minimum absolute atomic E-state index is 0.430. The van der Waals surface area contributed by atoms with Gasteiger partial charge in [-0.1, -0.05) is 140 Å². The van der Waals surface area contributed by atoms with Crippen LogP contribution in [0.15, 0.2) is 158 Å². The van der Waals surface area contributed by atoms with Gasteiger partial charge in [0.25, 0.3) is 0 Å². The summed E-state index contributed by atoms with van der Waals surface area (Å²) in [5.74, 6) is 0. The Hall–Kier alpha value is -6.49. The minimum atomic E-state index is -0.430. The molecule has 0 aliphatic heterocycles. The standard InChI is InChI=1S/C49H29N/c1-29-24-30(28-50)26-34(25-29)31-20-22-33(23-21-31)46-47-39-16-9-11-32-10-8-15-37(45(32)39)40(47)27-44-48(46)38-14-4-7-19-43(38)49(44)41-17-5-2-12-35(41)36-13-3-6-18-42(36)49/h2-27H,1H3. The Bertz CT molecular complexity index is 2780. The van der Waals surface area contributed by atoms with E-state index in [4.69, 9.17) is 0 Å². The van der Waals surface area contributed by atoms with Crippen LogP contribution >= 0.6 is 0 Å². The van der Waals surface area contributed by atoms with E-state index in [1.165, 1.54) is 88.7 Å². The van der Waals surface area contributed by atoms with E-state index in [0.717, 1.165) is 16.7 Å². The van der Waals surface area contributed by atoms with Gasteiger partial charge in [-0.15, -0.1) is 0 Å². The molecule has 0 amide bonds. The van der Waals surface area contributed by atoms with Gasteiger partial charge in [-0.3, -0.25) is 0 Å². The van der Waals surface area contributed by atoms with E-state index in [2.05, 4.69) is 159 Å². The molecule has 1 heteroatoms. The molecule has 8 aromatic rings. The first kappa shape index (κ1) is 27.5. The predicted octanol–water partition coefficient (Wildman–Crippen LogP) is 12.3. The van der Waals surface area contributed by atoms with E-state index < -0.39 is 5.41 Å². The highest BCUT2D eigenvalue weighted by atomic mass is 14.5. The van der Waals surface area contributed by atoms with Crippen LogP contribution in [-0.4, -0.2) is 0 Å². The smallest absolute Gasteiger partial charge is 0.0991 e. The monoisotopic (exact) mass is 631 g/mol. The molecule has 3 aliphatic rings. The quantitative estimate of drug-likeness (QED) is 0.186. The van der Waals surface area contributed by atoms with Gasteiger partial charge in [0.1, 0.15) is 0 Å². The maximum atomic E-state index is 9.68. The largest absolute Gasteiger partial charge is 0.192 e. The van der Waals surface area contributed by atoms with Gasteiger partial charge in [0.05, 0.1) is 17.0 Å². The molecule has 11 rings (SSSR count). The molecule has 1 nitrogen and oxygen atoms in total. The van der Waals surface area contributed by atoms with Crippen LogP contribution in [0.4, 0.5) is 0 Å². The maximum absolute atomic E-state index is 9.68. The summed E-state index contributed by atoms with van der Waals surface area (Å²) < 4.78 is 0. The maximum Gasteiger partial charge on any atom is 0.0991 e. The summed E-state index contributed by atoms with van der Waals surface area (Å²) in [4.78, 5) is 0. The van der Waals surface area contributed by atoms with Crippen molar-refractivity contribution in [3.8, 4) is 72.8 Å². The fourth-order valence-electron chi connectivity index (χ4n) is 9.65. The zero-order valence-electron chi connectivity index (χ0n) is 27.5. The van der Waals surface area contributed by atoms with Crippen molar-refractivity contribution >= 4 is 10.8 Å². The van der Waals surface area contributed by atoms with Crippen molar-refractivity contribution in [2.24, 2.45) is 0 Å². The Balaban J connectivity index is 1.28.